The lowest BCUT2D eigenvalue weighted by Gasteiger charge is -2.10. The molecule has 0 radical (unpaired) electrons. The average molecular weight is 341 g/mol. The van der Waals surface area contributed by atoms with Gasteiger partial charge in [-0.2, -0.15) is 0 Å². The van der Waals surface area contributed by atoms with Crippen molar-refractivity contribution in [2.75, 3.05) is 25.6 Å². The highest BCUT2D eigenvalue weighted by molar-refractivity contribution is 5.95. The number of anilines is 1. The molecule has 25 heavy (non-hydrogen) atoms. The highest BCUT2D eigenvalue weighted by atomic mass is 19.1. The molecule has 0 bridgehead atoms. The summed E-state index contributed by atoms with van der Waals surface area (Å²) in [5, 5.41) is 3.30. The third-order valence-electron chi connectivity index (χ3n) is 4.10. The van der Waals surface area contributed by atoms with Gasteiger partial charge in [-0.3, -0.25) is 0 Å². The van der Waals surface area contributed by atoms with Gasteiger partial charge in [0.05, 0.1) is 13.7 Å². The molecule has 1 heterocycles. The molecule has 1 aliphatic heterocycles. The van der Waals surface area contributed by atoms with Crippen molar-refractivity contribution in [2.24, 2.45) is 0 Å². The summed E-state index contributed by atoms with van der Waals surface area (Å²) in [7, 11) is 1.38. The van der Waals surface area contributed by atoms with Crippen LogP contribution in [0.3, 0.4) is 0 Å². The first kappa shape index (κ1) is 17.0. The van der Waals surface area contributed by atoms with Gasteiger partial charge in [0, 0.05) is 17.8 Å². The highest BCUT2D eigenvalue weighted by Gasteiger charge is 2.15. The number of hydrogen-bond acceptors (Lipinski definition) is 4. The zero-order valence-electron chi connectivity index (χ0n) is 14.3. The zero-order chi connectivity index (χ0) is 17.8. The van der Waals surface area contributed by atoms with Crippen LogP contribution in [0.5, 0.6) is 5.75 Å². The molecule has 2 aromatic rings. The van der Waals surface area contributed by atoms with Gasteiger partial charge in [0.2, 0.25) is 0 Å². The molecule has 1 N–H and O–H groups in total. The van der Waals surface area contributed by atoms with Crippen molar-refractivity contribution in [3.05, 3.63) is 53.4 Å². The molecule has 0 aromatic heterocycles. The number of ether oxygens (including phenoxy) is 2. The average Bonchev–Trinajstić information content (AvgIpc) is 2.84. The second-order valence-corrected chi connectivity index (χ2v) is 5.72. The molecule has 3 rings (SSSR count). The van der Waals surface area contributed by atoms with E-state index in [0.29, 0.717) is 25.1 Å². The van der Waals surface area contributed by atoms with Crippen LogP contribution in [0.1, 0.15) is 18.9 Å². The van der Waals surface area contributed by atoms with E-state index < -0.39 is 5.82 Å². The molecule has 4 nitrogen and oxygen atoms in total. The quantitative estimate of drug-likeness (QED) is 0.844. The Morgan fingerprint density at radius 2 is 1.96 bits per heavy atom. The Kier molecular flexibility index (Phi) is 5.03. The molecule has 0 unspecified atom stereocenters. The number of carbonyl (C=O) groups is 1. The lowest BCUT2D eigenvalue weighted by atomic mass is 10.0. The van der Waals surface area contributed by atoms with E-state index in [0.717, 1.165) is 22.4 Å². The van der Waals surface area contributed by atoms with Gasteiger partial charge in [-0.15, -0.1) is 0 Å². The number of methoxy groups -OCH3 is 1. The lowest BCUT2D eigenvalue weighted by Crippen LogP contribution is -2.07. The lowest BCUT2D eigenvalue weighted by molar-refractivity contribution is -0.136. The Morgan fingerprint density at radius 3 is 2.68 bits per heavy atom. The first-order valence-electron chi connectivity index (χ1n) is 8.22. The summed E-state index contributed by atoms with van der Waals surface area (Å²) in [6.07, 6.45) is 2.42. The second-order valence-electron chi connectivity index (χ2n) is 5.72. The number of carbonyl (C=O) groups excluding carboxylic acids is 1. The zero-order valence-corrected chi connectivity index (χ0v) is 14.3. The van der Waals surface area contributed by atoms with Crippen molar-refractivity contribution >= 4 is 17.7 Å². The Balaban J connectivity index is 1.99. The van der Waals surface area contributed by atoms with Crippen LogP contribution in [-0.2, 0) is 9.53 Å². The smallest absolute Gasteiger partial charge is 0.333 e. The van der Waals surface area contributed by atoms with Crippen molar-refractivity contribution in [3.63, 3.8) is 0 Å². The van der Waals surface area contributed by atoms with Crippen LogP contribution in [0.25, 0.3) is 17.2 Å². The minimum absolute atomic E-state index is 0.246. The number of hydrogen-bond donors (Lipinski definition) is 1. The second kappa shape index (κ2) is 7.38. The Labute approximate surface area is 146 Å². The third kappa shape index (κ3) is 3.65. The van der Waals surface area contributed by atoms with Crippen LogP contribution >= 0.6 is 0 Å². The van der Waals surface area contributed by atoms with Crippen LogP contribution in [0.4, 0.5) is 10.1 Å². The summed E-state index contributed by atoms with van der Waals surface area (Å²) >= 11 is 0. The number of nitrogens with one attached hydrogen (secondary N) is 1. The summed E-state index contributed by atoms with van der Waals surface area (Å²) in [6, 6.07) is 10.7. The maximum atomic E-state index is 14.1. The Hall–Kier alpha value is -2.82. The van der Waals surface area contributed by atoms with Crippen molar-refractivity contribution in [2.45, 2.75) is 13.3 Å². The molecule has 0 saturated heterocycles. The first-order chi connectivity index (χ1) is 12.1. The third-order valence-corrected chi connectivity index (χ3v) is 4.10. The van der Waals surface area contributed by atoms with Gasteiger partial charge in [-0.1, -0.05) is 12.1 Å². The van der Waals surface area contributed by atoms with E-state index in [4.69, 9.17) is 9.47 Å². The highest BCUT2D eigenvalue weighted by Crippen LogP contribution is 2.31. The standard InChI is InChI=1S/C20H20FNO3/c1-3-25-19-7-5-14(12-17(19)21)13-4-6-18-16(10-13)11-15(8-9-22-18)20(23)24-2/h4-7,10-12,22H,3,8-9H2,1-2H3. The number of rotatable bonds is 4. The van der Waals surface area contributed by atoms with E-state index in [2.05, 4.69) is 5.32 Å². The summed E-state index contributed by atoms with van der Waals surface area (Å²) < 4.78 is 24.2. The van der Waals surface area contributed by atoms with E-state index in [-0.39, 0.29) is 11.7 Å². The summed E-state index contributed by atoms with van der Waals surface area (Å²) in [5.41, 5.74) is 4.05. The first-order valence-corrected chi connectivity index (χ1v) is 8.22. The van der Waals surface area contributed by atoms with E-state index in [1.807, 2.05) is 37.3 Å². The Bertz CT molecular complexity index is 830. The van der Waals surface area contributed by atoms with E-state index >= 15 is 0 Å². The Morgan fingerprint density at radius 1 is 1.20 bits per heavy atom. The van der Waals surface area contributed by atoms with Crippen LogP contribution in [0.15, 0.2) is 42.0 Å². The predicted octanol–water partition coefficient (Wildman–Crippen LogP) is 4.26. The van der Waals surface area contributed by atoms with Crippen molar-refractivity contribution in [1.82, 2.24) is 0 Å². The van der Waals surface area contributed by atoms with Crippen LogP contribution in [-0.4, -0.2) is 26.2 Å². The molecular weight excluding hydrogens is 321 g/mol. The number of esters is 1. The molecule has 130 valence electrons. The van der Waals surface area contributed by atoms with Crippen LogP contribution in [0, 0.1) is 5.82 Å². The number of fused-ring (bicyclic) bond motifs is 1. The SMILES string of the molecule is CCOc1ccc(-c2ccc3c(c2)C=C(C(=O)OC)CCN3)cc1F. The molecule has 0 fully saturated rings. The van der Waals surface area contributed by atoms with Crippen molar-refractivity contribution in [3.8, 4) is 16.9 Å². The maximum Gasteiger partial charge on any atom is 0.333 e. The molecule has 0 spiro atoms. The van der Waals surface area contributed by atoms with Gasteiger partial charge in [0.25, 0.3) is 0 Å². The van der Waals surface area contributed by atoms with E-state index in [9.17, 15) is 9.18 Å². The summed E-state index contributed by atoms with van der Waals surface area (Å²) in [6.45, 7) is 2.89. The molecule has 1 aliphatic rings. The molecule has 0 saturated carbocycles. The summed E-state index contributed by atoms with van der Waals surface area (Å²) in [4.78, 5) is 11.8. The monoisotopic (exact) mass is 341 g/mol. The van der Waals surface area contributed by atoms with Gasteiger partial charge in [0.1, 0.15) is 0 Å². The molecule has 0 amide bonds. The van der Waals surface area contributed by atoms with Crippen molar-refractivity contribution in [1.29, 1.82) is 0 Å². The van der Waals surface area contributed by atoms with E-state index in [1.54, 1.807) is 6.07 Å². The predicted molar refractivity (Wildman–Crippen MR) is 96.1 cm³/mol. The fourth-order valence-corrected chi connectivity index (χ4v) is 2.86. The maximum absolute atomic E-state index is 14.1. The van der Waals surface area contributed by atoms with Gasteiger partial charge in [-0.25, -0.2) is 9.18 Å². The fraction of sp³-hybridized carbons (Fsp3) is 0.250. The fourth-order valence-electron chi connectivity index (χ4n) is 2.86. The largest absolute Gasteiger partial charge is 0.491 e. The van der Waals surface area contributed by atoms with Gasteiger partial charge >= 0.3 is 5.97 Å². The normalized spacial score (nSPS) is 13.2. The van der Waals surface area contributed by atoms with Gasteiger partial charge in [-0.05, 0) is 60.4 Å². The molecule has 0 aliphatic carbocycles. The number of halogens is 1. The van der Waals surface area contributed by atoms with Crippen molar-refractivity contribution < 1.29 is 18.7 Å². The van der Waals surface area contributed by atoms with Gasteiger partial charge in [0.15, 0.2) is 11.6 Å². The van der Waals surface area contributed by atoms with Gasteiger partial charge < -0.3 is 14.8 Å². The molecule has 5 heteroatoms. The molecule has 0 atom stereocenters. The molecule has 2 aromatic carbocycles. The van der Waals surface area contributed by atoms with Crippen LogP contribution in [0.2, 0.25) is 0 Å². The number of benzene rings is 2. The summed E-state index contributed by atoms with van der Waals surface area (Å²) in [5.74, 6) is -0.471. The topological polar surface area (TPSA) is 47.6 Å². The minimum Gasteiger partial charge on any atom is -0.491 e. The van der Waals surface area contributed by atoms with Crippen LogP contribution < -0.4 is 10.1 Å². The molecular formula is C20H20FNO3. The minimum atomic E-state index is -0.391. The van der Waals surface area contributed by atoms with E-state index in [1.165, 1.54) is 13.2 Å².